The Bertz CT molecular complexity index is 561. The average molecular weight is 252 g/mol. The summed E-state index contributed by atoms with van der Waals surface area (Å²) in [5, 5.41) is 2.14. The van der Waals surface area contributed by atoms with Crippen molar-refractivity contribution in [2.45, 2.75) is 13.5 Å². The molecule has 2 aromatic rings. The number of para-hydroxylation sites is 1. The van der Waals surface area contributed by atoms with Gasteiger partial charge in [0, 0.05) is 7.05 Å². The fraction of sp³-hybridized carbons (Fsp3) is 0.176. The summed E-state index contributed by atoms with van der Waals surface area (Å²) in [6.07, 6.45) is 1.89. The molecule has 0 aliphatic carbocycles. The molecule has 2 nitrogen and oxygen atoms in total. The van der Waals surface area contributed by atoms with Crippen molar-refractivity contribution in [3.63, 3.8) is 0 Å². The second-order valence-corrected chi connectivity index (χ2v) is 4.50. The molecule has 0 heterocycles. The van der Waals surface area contributed by atoms with Crippen LogP contribution in [0.15, 0.2) is 55.1 Å². The maximum atomic E-state index is 3.88. The van der Waals surface area contributed by atoms with E-state index in [9.17, 15) is 0 Å². The Kier molecular flexibility index (Phi) is 4.37. The molecule has 0 atom stereocenters. The number of hydrogen-bond donors (Lipinski definition) is 1. The van der Waals surface area contributed by atoms with Gasteiger partial charge in [0.1, 0.15) is 0 Å². The second-order valence-electron chi connectivity index (χ2n) is 4.50. The molecule has 0 amide bonds. The summed E-state index contributed by atoms with van der Waals surface area (Å²) in [4.78, 5) is 0. The van der Waals surface area contributed by atoms with Crippen molar-refractivity contribution in [3.05, 3.63) is 71.8 Å². The number of nitrogens with zero attached hydrogens (tertiary/aromatic N) is 1. The van der Waals surface area contributed by atoms with Crippen LogP contribution in [0.4, 0.5) is 5.69 Å². The van der Waals surface area contributed by atoms with E-state index >= 15 is 0 Å². The van der Waals surface area contributed by atoms with Gasteiger partial charge >= 0.3 is 0 Å². The van der Waals surface area contributed by atoms with Crippen LogP contribution in [-0.4, -0.2) is 7.05 Å². The van der Waals surface area contributed by atoms with Gasteiger partial charge in [0.2, 0.25) is 0 Å². The van der Waals surface area contributed by atoms with Crippen LogP contribution >= 0.6 is 0 Å². The minimum absolute atomic E-state index is 0.827. The van der Waals surface area contributed by atoms with E-state index in [1.165, 1.54) is 11.1 Å². The third-order valence-electron chi connectivity index (χ3n) is 3.31. The van der Waals surface area contributed by atoms with Gasteiger partial charge in [-0.05, 0) is 29.7 Å². The Balaban J connectivity index is 2.30. The lowest BCUT2D eigenvalue weighted by atomic mass is 10.1. The highest BCUT2D eigenvalue weighted by Crippen LogP contribution is 2.22. The Labute approximate surface area is 115 Å². The van der Waals surface area contributed by atoms with Gasteiger partial charge < -0.3 is 5.01 Å². The molecule has 2 aromatic carbocycles. The summed E-state index contributed by atoms with van der Waals surface area (Å²) in [5.41, 5.74) is 8.15. The number of anilines is 1. The standard InChI is InChI=1S/C17H20N2/c1-4-15-10-7-8-12-17(15)19(18-3)13-16-11-6-5-9-14(16)2/h4-12,18H,1,13H2,2-3H3. The first-order valence-corrected chi connectivity index (χ1v) is 6.47. The molecule has 0 saturated heterocycles. The fourth-order valence-corrected chi connectivity index (χ4v) is 2.15. The van der Waals surface area contributed by atoms with Gasteiger partial charge in [-0.2, -0.15) is 0 Å². The van der Waals surface area contributed by atoms with E-state index in [1.807, 2.05) is 25.3 Å². The molecule has 0 bridgehead atoms. The highest BCUT2D eigenvalue weighted by Gasteiger charge is 2.09. The first-order valence-electron chi connectivity index (χ1n) is 6.47. The summed E-state index contributed by atoms with van der Waals surface area (Å²) in [5.74, 6) is 0. The molecule has 0 saturated carbocycles. The van der Waals surface area contributed by atoms with Crippen LogP contribution in [0, 0.1) is 6.92 Å². The van der Waals surface area contributed by atoms with Gasteiger partial charge in [0.25, 0.3) is 0 Å². The van der Waals surface area contributed by atoms with E-state index < -0.39 is 0 Å². The van der Waals surface area contributed by atoms with Gasteiger partial charge in [-0.25, -0.2) is 5.43 Å². The van der Waals surface area contributed by atoms with E-state index in [2.05, 4.69) is 60.3 Å². The molecule has 98 valence electrons. The third-order valence-corrected chi connectivity index (χ3v) is 3.31. The number of nitrogens with one attached hydrogen (secondary N) is 1. The lowest BCUT2D eigenvalue weighted by Crippen LogP contribution is -2.35. The Morgan fingerprint density at radius 3 is 2.47 bits per heavy atom. The van der Waals surface area contributed by atoms with Crippen molar-refractivity contribution in [1.82, 2.24) is 5.43 Å². The molecule has 1 N–H and O–H groups in total. The minimum Gasteiger partial charge on any atom is -0.304 e. The minimum atomic E-state index is 0.827. The van der Waals surface area contributed by atoms with E-state index in [0.717, 1.165) is 17.8 Å². The lowest BCUT2D eigenvalue weighted by molar-refractivity contribution is 0.699. The molecule has 0 aromatic heterocycles. The van der Waals surface area contributed by atoms with E-state index in [4.69, 9.17) is 0 Å². The van der Waals surface area contributed by atoms with Crippen molar-refractivity contribution >= 4 is 11.8 Å². The zero-order valence-electron chi connectivity index (χ0n) is 11.6. The van der Waals surface area contributed by atoms with Crippen molar-refractivity contribution in [3.8, 4) is 0 Å². The van der Waals surface area contributed by atoms with Crippen molar-refractivity contribution in [2.24, 2.45) is 0 Å². The zero-order valence-corrected chi connectivity index (χ0v) is 11.6. The first kappa shape index (κ1) is 13.4. The monoisotopic (exact) mass is 252 g/mol. The molecule has 0 aliphatic rings. The van der Waals surface area contributed by atoms with Crippen LogP contribution in [-0.2, 0) is 6.54 Å². The van der Waals surface area contributed by atoms with Crippen LogP contribution in [0.3, 0.4) is 0 Å². The number of hydrogen-bond acceptors (Lipinski definition) is 2. The van der Waals surface area contributed by atoms with Crippen molar-refractivity contribution < 1.29 is 0 Å². The smallest absolute Gasteiger partial charge is 0.0597 e. The maximum Gasteiger partial charge on any atom is 0.0597 e. The number of benzene rings is 2. The Morgan fingerprint density at radius 1 is 1.11 bits per heavy atom. The Morgan fingerprint density at radius 2 is 1.79 bits per heavy atom. The van der Waals surface area contributed by atoms with E-state index in [0.29, 0.717) is 0 Å². The summed E-state index contributed by atoms with van der Waals surface area (Å²) < 4.78 is 0. The normalized spacial score (nSPS) is 10.2. The van der Waals surface area contributed by atoms with Crippen LogP contribution in [0.5, 0.6) is 0 Å². The second kappa shape index (κ2) is 6.21. The number of aryl methyl sites for hydroxylation is 1. The average Bonchev–Trinajstić information content (AvgIpc) is 2.46. The summed E-state index contributed by atoms with van der Waals surface area (Å²) in [6.45, 7) is 6.85. The predicted octanol–water partition coefficient (Wildman–Crippen LogP) is 3.78. The molecular weight excluding hydrogens is 232 g/mol. The molecule has 2 rings (SSSR count). The molecule has 0 radical (unpaired) electrons. The largest absolute Gasteiger partial charge is 0.304 e. The van der Waals surface area contributed by atoms with Crippen LogP contribution in [0.25, 0.3) is 6.08 Å². The SMILES string of the molecule is C=Cc1ccccc1N(Cc1ccccc1C)NC. The van der Waals surface area contributed by atoms with Crippen molar-refractivity contribution in [2.75, 3.05) is 12.1 Å². The van der Waals surface area contributed by atoms with Gasteiger partial charge in [-0.1, -0.05) is 55.1 Å². The van der Waals surface area contributed by atoms with E-state index in [1.54, 1.807) is 0 Å². The zero-order chi connectivity index (χ0) is 13.7. The van der Waals surface area contributed by atoms with Crippen LogP contribution in [0.1, 0.15) is 16.7 Å². The highest BCUT2D eigenvalue weighted by molar-refractivity contribution is 5.66. The number of hydrazine groups is 1. The molecule has 0 fully saturated rings. The van der Waals surface area contributed by atoms with Gasteiger partial charge in [0.15, 0.2) is 0 Å². The van der Waals surface area contributed by atoms with Gasteiger partial charge in [-0.15, -0.1) is 0 Å². The molecule has 19 heavy (non-hydrogen) atoms. The molecule has 0 aliphatic heterocycles. The Hall–Kier alpha value is -2.06. The van der Waals surface area contributed by atoms with E-state index in [-0.39, 0.29) is 0 Å². The highest BCUT2D eigenvalue weighted by atomic mass is 15.5. The molecule has 0 unspecified atom stereocenters. The topological polar surface area (TPSA) is 15.3 Å². The third kappa shape index (κ3) is 3.04. The molecule has 0 spiro atoms. The quantitative estimate of drug-likeness (QED) is 0.815. The van der Waals surface area contributed by atoms with Crippen molar-refractivity contribution in [1.29, 1.82) is 0 Å². The van der Waals surface area contributed by atoms with Gasteiger partial charge in [-0.3, -0.25) is 0 Å². The summed E-state index contributed by atoms with van der Waals surface area (Å²) in [7, 11) is 1.94. The molecule has 2 heteroatoms. The van der Waals surface area contributed by atoms with Crippen LogP contribution < -0.4 is 10.4 Å². The first-order chi connectivity index (χ1) is 9.26. The maximum absolute atomic E-state index is 3.88. The van der Waals surface area contributed by atoms with Gasteiger partial charge in [0.05, 0.1) is 12.2 Å². The number of rotatable bonds is 5. The molecular formula is C17H20N2. The van der Waals surface area contributed by atoms with Crippen LogP contribution in [0.2, 0.25) is 0 Å². The summed E-state index contributed by atoms with van der Waals surface area (Å²) in [6, 6.07) is 16.7. The lowest BCUT2D eigenvalue weighted by Gasteiger charge is -2.26. The predicted molar refractivity (Wildman–Crippen MR) is 83.0 cm³/mol. The summed E-state index contributed by atoms with van der Waals surface area (Å²) >= 11 is 0. The fourth-order valence-electron chi connectivity index (χ4n) is 2.15.